The Kier molecular flexibility index (Phi) is 3.15. The van der Waals surface area contributed by atoms with E-state index in [0.29, 0.717) is 42.9 Å². The van der Waals surface area contributed by atoms with E-state index in [1.165, 1.54) is 10.4 Å². The van der Waals surface area contributed by atoms with Crippen molar-refractivity contribution in [2.24, 2.45) is 0 Å². The number of fused-ring (bicyclic) bond motifs is 1. The van der Waals surface area contributed by atoms with Gasteiger partial charge < -0.3 is 14.7 Å². The van der Waals surface area contributed by atoms with Crippen LogP contribution < -0.4 is 5.69 Å². The molecule has 2 aromatic rings. The molecule has 8 heteroatoms. The molecular formula is C12H15N3O4S. The highest BCUT2D eigenvalue weighted by molar-refractivity contribution is 7.89. The summed E-state index contributed by atoms with van der Waals surface area (Å²) < 4.78 is 31.8. The first-order valence-corrected chi connectivity index (χ1v) is 7.73. The second-order valence-corrected chi connectivity index (χ2v) is 6.67. The van der Waals surface area contributed by atoms with Gasteiger partial charge in [-0.3, -0.25) is 0 Å². The second kappa shape index (κ2) is 4.72. The van der Waals surface area contributed by atoms with Gasteiger partial charge in [0, 0.05) is 13.1 Å². The van der Waals surface area contributed by atoms with Crippen molar-refractivity contribution in [3.05, 3.63) is 28.2 Å². The van der Waals surface area contributed by atoms with E-state index in [1.807, 2.05) is 0 Å². The molecule has 7 nitrogen and oxygen atoms in total. The summed E-state index contributed by atoms with van der Waals surface area (Å²) in [5, 5.41) is 0. The average molecular weight is 297 g/mol. The average Bonchev–Trinajstić information content (AvgIpc) is 2.78. The van der Waals surface area contributed by atoms with Crippen LogP contribution in [0.3, 0.4) is 0 Å². The Morgan fingerprint density at radius 2 is 1.75 bits per heavy atom. The van der Waals surface area contributed by atoms with Crippen LogP contribution in [0, 0.1) is 6.92 Å². The van der Waals surface area contributed by atoms with Crippen molar-refractivity contribution in [1.29, 1.82) is 0 Å². The molecule has 2 heterocycles. The highest BCUT2D eigenvalue weighted by atomic mass is 32.2. The number of benzene rings is 1. The first-order valence-electron chi connectivity index (χ1n) is 6.29. The summed E-state index contributed by atoms with van der Waals surface area (Å²) in [6, 6.07) is 3.17. The topological polar surface area (TPSA) is 95.3 Å². The number of ether oxygens (including phenoxy) is 1. The maximum absolute atomic E-state index is 12.6. The third-order valence-corrected chi connectivity index (χ3v) is 5.44. The minimum atomic E-state index is -3.56. The monoisotopic (exact) mass is 297 g/mol. The van der Waals surface area contributed by atoms with Gasteiger partial charge in [0.25, 0.3) is 0 Å². The van der Waals surface area contributed by atoms with Crippen LogP contribution in [0.25, 0.3) is 11.0 Å². The van der Waals surface area contributed by atoms with Gasteiger partial charge in [0.15, 0.2) is 0 Å². The second-order valence-electron chi connectivity index (χ2n) is 4.76. The first-order chi connectivity index (χ1) is 9.48. The lowest BCUT2D eigenvalue weighted by Gasteiger charge is -2.26. The van der Waals surface area contributed by atoms with E-state index in [2.05, 4.69) is 9.97 Å². The van der Waals surface area contributed by atoms with E-state index in [1.54, 1.807) is 13.0 Å². The molecule has 0 spiro atoms. The molecule has 1 aliphatic heterocycles. The maximum atomic E-state index is 12.6. The zero-order chi connectivity index (χ0) is 14.3. The number of hydrogen-bond donors (Lipinski definition) is 2. The number of sulfonamides is 1. The number of aromatic amines is 2. The number of imidazole rings is 1. The molecule has 0 amide bonds. The molecule has 108 valence electrons. The van der Waals surface area contributed by atoms with E-state index in [9.17, 15) is 13.2 Å². The van der Waals surface area contributed by atoms with Crippen LogP contribution in [-0.4, -0.2) is 49.0 Å². The number of nitrogens with zero attached hydrogens (tertiary/aromatic N) is 1. The number of hydrogen-bond acceptors (Lipinski definition) is 4. The fraction of sp³-hybridized carbons (Fsp3) is 0.417. The molecule has 0 radical (unpaired) electrons. The van der Waals surface area contributed by atoms with E-state index < -0.39 is 10.0 Å². The SMILES string of the molecule is Cc1cc2[nH]c(=O)[nH]c2cc1S(=O)(=O)N1CCOCC1. The molecule has 2 N–H and O–H groups in total. The summed E-state index contributed by atoms with van der Waals surface area (Å²) in [7, 11) is -3.56. The summed E-state index contributed by atoms with van der Waals surface area (Å²) in [5.41, 5.74) is 1.36. The third-order valence-electron chi connectivity index (χ3n) is 3.40. The van der Waals surface area contributed by atoms with Crippen LogP contribution in [0.1, 0.15) is 5.56 Å². The van der Waals surface area contributed by atoms with Crippen LogP contribution in [0.5, 0.6) is 0 Å². The van der Waals surface area contributed by atoms with Gasteiger partial charge in [-0.05, 0) is 24.6 Å². The van der Waals surface area contributed by atoms with E-state index in [4.69, 9.17) is 4.74 Å². The van der Waals surface area contributed by atoms with Crippen molar-refractivity contribution in [2.75, 3.05) is 26.3 Å². The lowest BCUT2D eigenvalue weighted by atomic mass is 10.2. The van der Waals surface area contributed by atoms with E-state index in [-0.39, 0.29) is 10.6 Å². The van der Waals surface area contributed by atoms with Gasteiger partial charge in [0.05, 0.1) is 29.1 Å². The Balaban J connectivity index is 2.12. The van der Waals surface area contributed by atoms with Crippen molar-refractivity contribution >= 4 is 21.1 Å². The Morgan fingerprint density at radius 3 is 2.40 bits per heavy atom. The molecule has 3 rings (SSSR count). The molecule has 0 atom stereocenters. The lowest BCUT2D eigenvalue weighted by Crippen LogP contribution is -2.40. The number of rotatable bonds is 2. The molecule has 1 aliphatic rings. The standard InChI is InChI=1S/C12H15N3O4S/c1-8-6-9-10(14-12(16)13-9)7-11(8)20(17,18)15-2-4-19-5-3-15/h6-7H,2-5H2,1H3,(H2,13,14,16). The van der Waals surface area contributed by atoms with Crippen molar-refractivity contribution in [3.63, 3.8) is 0 Å². The molecule has 1 saturated heterocycles. The smallest absolute Gasteiger partial charge is 0.323 e. The minimum absolute atomic E-state index is 0.224. The third kappa shape index (κ3) is 2.15. The Bertz CT molecular complexity index is 800. The Hall–Kier alpha value is -1.64. The van der Waals surface area contributed by atoms with Gasteiger partial charge in [-0.15, -0.1) is 0 Å². The van der Waals surface area contributed by atoms with Crippen molar-refractivity contribution in [3.8, 4) is 0 Å². The molecule has 0 aliphatic carbocycles. The molecule has 0 bridgehead atoms. The van der Waals surface area contributed by atoms with Crippen molar-refractivity contribution < 1.29 is 13.2 Å². The Labute approximate surface area is 115 Å². The number of H-pyrrole nitrogens is 2. The molecule has 20 heavy (non-hydrogen) atoms. The largest absolute Gasteiger partial charge is 0.379 e. The summed E-state index contributed by atoms with van der Waals surface area (Å²) in [6.45, 7) is 3.23. The van der Waals surface area contributed by atoms with Crippen LogP contribution in [-0.2, 0) is 14.8 Å². The normalized spacial score (nSPS) is 17.6. The van der Waals surface area contributed by atoms with Gasteiger partial charge in [0.2, 0.25) is 10.0 Å². The molecule has 1 fully saturated rings. The quantitative estimate of drug-likeness (QED) is 0.827. The molecule has 1 aromatic carbocycles. The summed E-state index contributed by atoms with van der Waals surface area (Å²) in [4.78, 5) is 16.7. The summed E-state index contributed by atoms with van der Waals surface area (Å²) in [5.74, 6) is 0. The lowest BCUT2D eigenvalue weighted by molar-refractivity contribution is 0.0730. The fourth-order valence-electron chi connectivity index (χ4n) is 2.37. The van der Waals surface area contributed by atoms with Gasteiger partial charge in [-0.1, -0.05) is 0 Å². The fourth-order valence-corrected chi connectivity index (χ4v) is 4.02. The van der Waals surface area contributed by atoms with Crippen molar-refractivity contribution in [1.82, 2.24) is 14.3 Å². The summed E-state index contributed by atoms with van der Waals surface area (Å²) >= 11 is 0. The van der Waals surface area contributed by atoms with Crippen LogP contribution in [0.4, 0.5) is 0 Å². The molecular weight excluding hydrogens is 282 g/mol. The van der Waals surface area contributed by atoms with E-state index in [0.717, 1.165) is 0 Å². The van der Waals surface area contributed by atoms with Gasteiger partial charge >= 0.3 is 5.69 Å². The highest BCUT2D eigenvalue weighted by Crippen LogP contribution is 2.24. The maximum Gasteiger partial charge on any atom is 0.323 e. The van der Waals surface area contributed by atoms with Gasteiger partial charge in [-0.25, -0.2) is 13.2 Å². The van der Waals surface area contributed by atoms with Crippen LogP contribution in [0.2, 0.25) is 0 Å². The molecule has 1 aromatic heterocycles. The highest BCUT2D eigenvalue weighted by Gasteiger charge is 2.28. The van der Waals surface area contributed by atoms with Crippen LogP contribution >= 0.6 is 0 Å². The number of aromatic nitrogens is 2. The predicted molar refractivity (Wildman–Crippen MR) is 73.2 cm³/mol. The number of nitrogens with one attached hydrogen (secondary N) is 2. The zero-order valence-electron chi connectivity index (χ0n) is 11.0. The predicted octanol–water partition coefficient (Wildman–Crippen LogP) is 0.186. The van der Waals surface area contributed by atoms with Crippen LogP contribution in [0.15, 0.2) is 21.8 Å². The molecule has 0 saturated carbocycles. The van der Waals surface area contributed by atoms with Gasteiger partial charge in [0.1, 0.15) is 0 Å². The number of aryl methyl sites for hydroxylation is 1. The Morgan fingerprint density at radius 1 is 1.15 bits per heavy atom. The molecule has 0 unspecified atom stereocenters. The minimum Gasteiger partial charge on any atom is -0.379 e. The zero-order valence-corrected chi connectivity index (χ0v) is 11.8. The van der Waals surface area contributed by atoms with Gasteiger partial charge in [-0.2, -0.15) is 4.31 Å². The van der Waals surface area contributed by atoms with E-state index >= 15 is 0 Å². The summed E-state index contributed by atoms with van der Waals surface area (Å²) in [6.07, 6.45) is 0. The first kappa shape index (κ1) is 13.3. The number of morpholine rings is 1. The van der Waals surface area contributed by atoms with Crippen molar-refractivity contribution in [2.45, 2.75) is 11.8 Å².